The zero-order chi connectivity index (χ0) is 20.9. The van der Waals surface area contributed by atoms with E-state index in [2.05, 4.69) is 15.2 Å². The number of aryl methyl sites for hydroxylation is 1. The van der Waals surface area contributed by atoms with E-state index in [4.69, 9.17) is 4.84 Å². The van der Waals surface area contributed by atoms with Crippen LogP contribution in [0.4, 0.5) is 4.39 Å². The van der Waals surface area contributed by atoms with Crippen molar-refractivity contribution in [2.75, 3.05) is 0 Å². The van der Waals surface area contributed by atoms with Gasteiger partial charge >= 0.3 is 0 Å². The summed E-state index contributed by atoms with van der Waals surface area (Å²) >= 11 is 0. The maximum Gasteiger partial charge on any atom is 0.274 e. The maximum atomic E-state index is 14.1. The van der Waals surface area contributed by atoms with Gasteiger partial charge in [0.15, 0.2) is 0 Å². The Kier molecular flexibility index (Phi) is 6.94. The van der Waals surface area contributed by atoms with Crippen LogP contribution in [0.25, 0.3) is 0 Å². The van der Waals surface area contributed by atoms with Crippen LogP contribution in [0.5, 0.6) is 0 Å². The molecule has 1 aliphatic rings. The lowest BCUT2D eigenvalue weighted by Crippen LogP contribution is -2.37. The largest absolute Gasteiger partial charge is 0.274 e. The molecule has 0 atom stereocenters. The van der Waals surface area contributed by atoms with Crippen molar-refractivity contribution in [2.45, 2.75) is 56.6 Å². The summed E-state index contributed by atoms with van der Waals surface area (Å²) < 4.78 is 42.4. The summed E-state index contributed by atoms with van der Waals surface area (Å²) in [5, 5.41) is 0. The van der Waals surface area contributed by atoms with E-state index in [9.17, 15) is 17.6 Å². The fraction of sp³-hybridized carbons (Fsp3) is 0.400. The van der Waals surface area contributed by atoms with E-state index in [0.29, 0.717) is 5.56 Å². The molecule has 0 bridgehead atoms. The molecule has 156 valence electrons. The Morgan fingerprint density at radius 3 is 2.59 bits per heavy atom. The van der Waals surface area contributed by atoms with Gasteiger partial charge in [-0.25, -0.2) is 23.0 Å². The minimum atomic E-state index is -3.98. The molecule has 9 heteroatoms. The van der Waals surface area contributed by atoms with Gasteiger partial charge in [-0.1, -0.05) is 37.5 Å². The van der Waals surface area contributed by atoms with Crippen LogP contribution in [-0.2, 0) is 21.5 Å². The number of pyridine rings is 1. The molecule has 1 aromatic carbocycles. The summed E-state index contributed by atoms with van der Waals surface area (Å²) in [7, 11) is -3.98. The van der Waals surface area contributed by atoms with Gasteiger partial charge in [-0.2, -0.15) is 0 Å². The monoisotopic (exact) mass is 421 g/mol. The number of sulfonamides is 1. The summed E-state index contributed by atoms with van der Waals surface area (Å²) in [6.45, 7) is 1.12. The second-order valence-corrected chi connectivity index (χ2v) is 8.72. The molecule has 3 rings (SSSR count). The minimum absolute atomic E-state index is 0.0283. The van der Waals surface area contributed by atoms with Gasteiger partial charge in [0, 0.05) is 11.6 Å². The number of nitrogens with zero attached hydrogens (tertiary/aromatic N) is 1. The Labute approximate surface area is 169 Å². The molecule has 1 saturated carbocycles. The summed E-state index contributed by atoms with van der Waals surface area (Å²) in [6.07, 6.45) is 4.49. The van der Waals surface area contributed by atoms with Crippen molar-refractivity contribution in [3.05, 3.63) is 59.2 Å². The van der Waals surface area contributed by atoms with Gasteiger partial charge in [-0.15, -0.1) is 0 Å². The van der Waals surface area contributed by atoms with Crippen LogP contribution in [0.2, 0.25) is 0 Å². The normalized spacial score (nSPS) is 15.2. The third-order valence-corrected chi connectivity index (χ3v) is 6.39. The van der Waals surface area contributed by atoms with Crippen LogP contribution in [0.15, 0.2) is 41.3 Å². The highest BCUT2D eigenvalue weighted by Gasteiger charge is 2.26. The highest BCUT2D eigenvalue weighted by molar-refractivity contribution is 7.89. The predicted molar refractivity (Wildman–Crippen MR) is 105 cm³/mol. The molecule has 0 spiro atoms. The minimum Gasteiger partial charge on any atom is -0.267 e. The number of halogens is 1. The molecule has 29 heavy (non-hydrogen) atoms. The number of aromatic nitrogens is 1. The number of hydrogen-bond donors (Lipinski definition) is 2. The average molecular weight is 421 g/mol. The van der Waals surface area contributed by atoms with E-state index in [1.807, 2.05) is 0 Å². The standard InChI is InChI=1S/C20H24FN3O4S/c1-14-17(21)12-19(29(26,27)24-16-10-6-3-7-11-16)18(22-14)13-28-23-20(25)15-8-4-2-5-9-15/h2,4-5,8-9,12,16,24H,3,6-7,10-11,13H2,1H3,(H,23,25). The molecule has 1 heterocycles. The number of hydrogen-bond acceptors (Lipinski definition) is 5. The quantitative estimate of drug-likeness (QED) is 0.670. The highest BCUT2D eigenvalue weighted by Crippen LogP contribution is 2.22. The van der Waals surface area contributed by atoms with Crippen molar-refractivity contribution < 1.29 is 22.4 Å². The number of nitrogens with one attached hydrogen (secondary N) is 2. The number of benzene rings is 1. The van der Waals surface area contributed by atoms with Gasteiger partial charge in [0.2, 0.25) is 10.0 Å². The van der Waals surface area contributed by atoms with E-state index < -0.39 is 21.7 Å². The molecule has 0 aliphatic heterocycles. The van der Waals surface area contributed by atoms with Crippen molar-refractivity contribution in [3.8, 4) is 0 Å². The van der Waals surface area contributed by atoms with Crippen molar-refractivity contribution in [1.29, 1.82) is 0 Å². The van der Waals surface area contributed by atoms with E-state index in [-0.39, 0.29) is 28.9 Å². The number of rotatable bonds is 7. The Balaban J connectivity index is 1.74. The van der Waals surface area contributed by atoms with Crippen LogP contribution in [0, 0.1) is 12.7 Å². The SMILES string of the molecule is Cc1nc(CONC(=O)c2ccccc2)c(S(=O)(=O)NC2CCCCC2)cc1F. The van der Waals surface area contributed by atoms with Gasteiger partial charge in [0.05, 0.1) is 11.4 Å². The Morgan fingerprint density at radius 2 is 1.90 bits per heavy atom. The summed E-state index contributed by atoms with van der Waals surface area (Å²) in [5.41, 5.74) is 2.72. The molecular weight excluding hydrogens is 397 g/mol. The lowest BCUT2D eigenvalue weighted by Gasteiger charge is -2.23. The summed E-state index contributed by atoms with van der Waals surface area (Å²) in [5.74, 6) is -1.19. The van der Waals surface area contributed by atoms with Gasteiger partial charge in [0.1, 0.15) is 17.3 Å². The molecule has 2 aromatic rings. The van der Waals surface area contributed by atoms with Crippen LogP contribution < -0.4 is 10.2 Å². The van der Waals surface area contributed by atoms with Crippen LogP contribution in [0.3, 0.4) is 0 Å². The van der Waals surface area contributed by atoms with Crippen LogP contribution >= 0.6 is 0 Å². The van der Waals surface area contributed by atoms with Crippen LogP contribution in [-0.4, -0.2) is 25.4 Å². The maximum absolute atomic E-state index is 14.1. The topological polar surface area (TPSA) is 97.4 Å². The van der Waals surface area contributed by atoms with Crippen molar-refractivity contribution in [1.82, 2.24) is 15.2 Å². The molecule has 2 N–H and O–H groups in total. The zero-order valence-corrected chi connectivity index (χ0v) is 17.0. The van der Waals surface area contributed by atoms with Gasteiger partial charge in [-0.05, 0) is 38.0 Å². The van der Waals surface area contributed by atoms with Crippen molar-refractivity contribution in [2.24, 2.45) is 0 Å². The first kappa shape index (κ1) is 21.4. The summed E-state index contributed by atoms with van der Waals surface area (Å²) in [6, 6.07) is 9.20. The Morgan fingerprint density at radius 1 is 1.21 bits per heavy atom. The molecule has 0 radical (unpaired) electrons. The second kappa shape index (κ2) is 9.43. The summed E-state index contributed by atoms with van der Waals surface area (Å²) in [4.78, 5) is 21.0. The van der Waals surface area contributed by atoms with E-state index in [1.54, 1.807) is 30.3 Å². The zero-order valence-electron chi connectivity index (χ0n) is 16.2. The number of carbonyl (C=O) groups is 1. The fourth-order valence-corrected chi connectivity index (χ4v) is 4.75. The molecule has 7 nitrogen and oxygen atoms in total. The van der Waals surface area contributed by atoms with Gasteiger partial charge in [-0.3, -0.25) is 14.6 Å². The third-order valence-electron chi connectivity index (χ3n) is 4.82. The number of hydroxylamine groups is 1. The van der Waals surface area contributed by atoms with Gasteiger partial charge in [0.25, 0.3) is 5.91 Å². The molecule has 1 fully saturated rings. The smallest absolute Gasteiger partial charge is 0.267 e. The number of amides is 1. The van der Waals surface area contributed by atoms with Crippen molar-refractivity contribution in [3.63, 3.8) is 0 Å². The van der Waals surface area contributed by atoms with E-state index in [1.165, 1.54) is 6.92 Å². The van der Waals surface area contributed by atoms with Crippen LogP contribution in [0.1, 0.15) is 53.8 Å². The first-order valence-electron chi connectivity index (χ1n) is 9.52. The van der Waals surface area contributed by atoms with E-state index in [0.717, 1.165) is 38.2 Å². The highest BCUT2D eigenvalue weighted by atomic mass is 32.2. The lowest BCUT2D eigenvalue weighted by atomic mass is 9.96. The third kappa shape index (κ3) is 5.59. The predicted octanol–water partition coefficient (Wildman–Crippen LogP) is 3.00. The van der Waals surface area contributed by atoms with E-state index >= 15 is 0 Å². The molecular formula is C20H24FN3O4S. The Bertz CT molecular complexity index is 961. The fourth-order valence-electron chi connectivity index (χ4n) is 3.27. The number of carbonyl (C=O) groups excluding carboxylic acids is 1. The lowest BCUT2D eigenvalue weighted by molar-refractivity contribution is 0.0213. The molecule has 1 amide bonds. The molecule has 0 unspecified atom stereocenters. The molecule has 0 saturated heterocycles. The van der Waals surface area contributed by atoms with Gasteiger partial charge < -0.3 is 0 Å². The first-order valence-corrected chi connectivity index (χ1v) is 11.0. The van der Waals surface area contributed by atoms with Crippen molar-refractivity contribution >= 4 is 15.9 Å². The molecule has 1 aromatic heterocycles. The molecule has 1 aliphatic carbocycles. The Hall–Kier alpha value is -2.36. The first-order chi connectivity index (χ1) is 13.9. The second-order valence-electron chi connectivity index (χ2n) is 7.04. The average Bonchev–Trinajstić information content (AvgIpc) is 2.71.